The van der Waals surface area contributed by atoms with E-state index in [4.69, 9.17) is 10.00 Å². The Morgan fingerprint density at radius 1 is 1.47 bits per heavy atom. The number of aliphatic hydroxyl groups excluding tert-OH is 1. The van der Waals surface area contributed by atoms with Crippen LogP contribution in [-0.4, -0.2) is 42.4 Å². The van der Waals surface area contributed by atoms with Gasteiger partial charge in [-0.25, -0.2) is 0 Å². The molecule has 1 fully saturated rings. The summed E-state index contributed by atoms with van der Waals surface area (Å²) in [7, 11) is 0. The highest BCUT2D eigenvalue weighted by Gasteiger charge is 2.21. The quantitative estimate of drug-likeness (QED) is 0.895. The van der Waals surface area contributed by atoms with E-state index < -0.39 is 6.10 Å². The van der Waals surface area contributed by atoms with Gasteiger partial charge >= 0.3 is 0 Å². The van der Waals surface area contributed by atoms with Gasteiger partial charge in [0.2, 0.25) is 0 Å². The summed E-state index contributed by atoms with van der Waals surface area (Å²) in [6.07, 6.45) is 0.772. The molecule has 1 aliphatic rings. The van der Waals surface area contributed by atoms with Crippen LogP contribution in [0.4, 0.5) is 0 Å². The predicted octanol–water partition coefficient (Wildman–Crippen LogP) is 1.70. The molecule has 1 aromatic carbocycles. The van der Waals surface area contributed by atoms with Crippen LogP contribution in [0.25, 0.3) is 0 Å². The van der Waals surface area contributed by atoms with E-state index >= 15 is 0 Å². The zero-order chi connectivity index (χ0) is 13.7. The Balaban J connectivity index is 1.92. The monoisotopic (exact) mass is 260 g/mol. The average Bonchev–Trinajstić information content (AvgIpc) is 2.47. The van der Waals surface area contributed by atoms with Gasteiger partial charge in [-0.3, -0.25) is 4.90 Å². The molecule has 0 aliphatic carbocycles. The Labute approximate surface area is 114 Å². The van der Waals surface area contributed by atoms with E-state index in [1.54, 1.807) is 12.1 Å². The highest BCUT2D eigenvalue weighted by atomic mass is 16.5. The summed E-state index contributed by atoms with van der Waals surface area (Å²) in [6, 6.07) is 9.21. The fraction of sp³-hybridized carbons (Fsp3) is 0.533. The molecule has 1 aromatic rings. The van der Waals surface area contributed by atoms with Crippen molar-refractivity contribution >= 4 is 0 Å². The third-order valence-corrected chi connectivity index (χ3v) is 3.53. The largest absolute Gasteiger partial charge is 0.387 e. The molecule has 1 aliphatic heterocycles. The van der Waals surface area contributed by atoms with Gasteiger partial charge in [0.15, 0.2) is 0 Å². The van der Waals surface area contributed by atoms with Crippen LogP contribution in [0.15, 0.2) is 24.3 Å². The SMILES string of the molecule is CCC1CN(CC(O)c2ccc(C#N)cc2)CCO1. The smallest absolute Gasteiger partial charge is 0.0991 e. The number of hydrogen-bond acceptors (Lipinski definition) is 4. The Hall–Kier alpha value is -1.41. The van der Waals surface area contributed by atoms with Crippen LogP contribution < -0.4 is 0 Å². The van der Waals surface area contributed by atoms with Crippen molar-refractivity contribution in [2.75, 3.05) is 26.2 Å². The number of nitriles is 1. The van der Waals surface area contributed by atoms with E-state index in [2.05, 4.69) is 17.9 Å². The lowest BCUT2D eigenvalue weighted by Crippen LogP contribution is -2.43. The lowest BCUT2D eigenvalue weighted by Gasteiger charge is -2.33. The number of rotatable bonds is 4. The van der Waals surface area contributed by atoms with E-state index in [0.717, 1.165) is 31.7 Å². The number of benzene rings is 1. The summed E-state index contributed by atoms with van der Waals surface area (Å²) in [5.41, 5.74) is 1.48. The minimum absolute atomic E-state index is 0.280. The second kappa shape index (κ2) is 6.67. The van der Waals surface area contributed by atoms with Crippen molar-refractivity contribution in [3.05, 3.63) is 35.4 Å². The number of hydrogen-bond donors (Lipinski definition) is 1. The van der Waals surface area contributed by atoms with Gasteiger partial charge in [-0.2, -0.15) is 5.26 Å². The molecule has 4 heteroatoms. The number of ether oxygens (including phenoxy) is 1. The molecular weight excluding hydrogens is 240 g/mol. The predicted molar refractivity (Wildman–Crippen MR) is 72.6 cm³/mol. The van der Waals surface area contributed by atoms with Gasteiger partial charge in [-0.05, 0) is 24.1 Å². The third-order valence-electron chi connectivity index (χ3n) is 3.53. The van der Waals surface area contributed by atoms with Gasteiger partial charge in [0.25, 0.3) is 0 Å². The molecule has 2 atom stereocenters. The molecule has 1 saturated heterocycles. The number of nitrogens with zero attached hydrogens (tertiary/aromatic N) is 2. The first-order valence-electron chi connectivity index (χ1n) is 6.75. The third kappa shape index (κ3) is 3.77. The molecule has 1 heterocycles. The molecule has 2 rings (SSSR count). The van der Waals surface area contributed by atoms with Crippen LogP contribution in [-0.2, 0) is 4.74 Å². The van der Waals surface area contributed by atoms with Crippen molar-refractivity contribution in [1.82, 2.24) is 4.90 Å². The Bertz CT molecular complexity index is 438. The van der Waals surface area contributed by atoms with Gasteiger partial charge in [0, 0.05) is 19.6 Å². The number of aliphatic hydroxyl groups is 1. The maximum absolute atomic E-state index is 10.2. The minimum Gasteiger partial charge on any atom is -0.387 e. The lowest BCUT2D eigenvalue weighted by molar-refractivity contribution is -0.0418. The summed E-state index contributed by atoms with van der Waals surface area (Å²) in [4.78, 5) is 2.24. The second-order valence-electron chi connectivity index (χ2n) is 4.91. The van der Waals surface area contributed by atoms with Gasteiger partial charge in [0.05, 0.1) is 30.4 Å². The van der Waals surface area contributed by atoms with E-state index in [-0.39, 0.29) is 6.10 Å². The summed E-state index contributed by atoms with van der Waals surface area (Å²) >= 11 is 0. The van der Waals surface area contributed by atoms with E-state index in [0.29, 0.717) is 12.1 Å². The van der Waals surface area contributed by atoms with Crippen molar-refractivity contribution in [1.29, 1.82) is 5.26 Å². The molecule has 0 radical (unpaired) electrons. The topological polar surface area (TPSA) is 56.5 Å². The molecular formula is C15H20N2O2. The van der Waals surface area contributed by atoms with Crippen LogP contribution in [0, 0.1) is 11.3 Å². The second-order valence-corrected chi connectivity index (χ2v) is 4.91. The molecule has 4 nitrogen and oxygen atoms in total. The molecule has 0 spiro atoms. The summed E-state index contributed by atoms with van der Waals surface area (Å²) in [5, 5.41) is 19.0. The van der Waals surface area contributed by atoms with Crippen molar-refractivity contribution in [2.24, 2.45) is 0 Å². The van der Waals surface area contributed by atoms with Crippen LogP contribution in [0.5, 0.6) is 0 Å². The fourth-order valence-electron chi connectivity index (χ4n) is 2.32. The van der Waals surface area contributed by atoms with E-state index in [9.17, 15) is 5.11 Å². The minimum atomic E-state index is -0.511. The Morgan fingerprint density at radius 3 is 2.84 bits per heavy atom. The van der Waals surface area contributed by atoms with Gasteiger partial charge in [-0.1, -0.05) is 19.1 Å². The van der Waals surface area contributed by atoms with Crippen molar-refractivity contribution in [3.63, 3.8) is 0 Å². The number of β-amino-alcohol motifs (C(OH)–C–C–N with tert-alkyl or cyclic N) is 1. The molecule has 0 aromatic heterocycles. The molecule has 0 amide bonds. The summed E-state index contributed by atoms with van der Waals surface area (Å²) in [5.74, 6) is 0. The molecule has 19 heavy (non-hydrogen) atoms. The van der Waals surface area contributed by atoms with Gasteiger partial charge < -0.3 is 9.84 Å². The lowest BCUT2D eigenvalue weighted by atomic mass is 10.1. The fourth-order valence-corrected chi connectivity index (χ4v) is 2.32. The standard InChI is InChI=1S/C15H20N2O2/c1-2-14-10-17(7-8-19-14)11-15(18)13-5-3-12(9-16)4-6-13/h3-6,14-15,18H,2,7-8,10-11H2,1H3. The maximum Gasteiger partial charge on any atom is 0.0991 e. The molecule has 102 valence electrons. The first-order valence-corrected chi connectivity index (χ1v) is 6.75. The van der Waals surface area contributed by atoms with Crippen LogP contribution >= 0.6 is 0 Å². The molecule has 0 saturated carbocycles. The number of morpholine rings is 1. The normalized spacial score (nSPS) is 21.8. The van der Waals surface area contributed by atoms with Crippen LogP contribution in [0.1, 0.15) is 30.6 Å². The zero-order valence-electron chi connectivity index (χ0n) is 11.2. The van der Waals surface area contributed by atoms with Crippen molar-refractivity contribution < 1.29 is 9.84 Å². The molecule has 1 N–H and O–H groups in total. The van der Waals surface area contributed by atoms with Gasteiger partial charge in [0.1, 0.15) is 0 Å². The van der Waals surface area contributed by atoms with E-state index in [1.807, 2.05) is 12.1 Å². The van der Waals surface area contributed by atoms with Crippen LogP contribution in [0.3, 0.4) is 0 Å². The Morgan fingerprint density at radius 2 is 2.21 bits per heavy atom. The highest BCUT2D eigenvalue weighted by molar-refractivity contribution is 5.32. The van der Waals surface area contributed by atoms with Crippen LogP contribution in [0.2, 0.25) is 0 Å². The summed E-state index contributed by atoms with van der Waals surface area (Å²) < 4.78 is 5.62. The first-order chi connectivity index (χ1) is 9.22. The first kappa shape index (κ1) is 14.0. The molecule has 0 bridgehead atoms. The average molecular weight is 260 g/mol. The van der Waals surface area contributed by atoms with Crippen molar-refractivity contribution in [2.45, 2.75) is 25.6 Å². The van der Waals surface area contributed by atoms with Crippen molar-refractivity contribution in [3.8, 4) is 6.07 Å². The Kier molecular flexibility index (Phi) is 4.92. The maximum atomic E-state index is 10.2. The summed E-state index contributed by atoms with van der Waals surface area (Å²) in [6.45, 7) is 5.21. The van der Waals surface area contributed by atoms with Gasteiger partial charge in [-0.15, -0.1) is 0 Å². The zero-order valence-corrected chi connectivity index (χ0v) is 11.2. The molecule has 2 unspecified atom stereocenters. The highest BCUT2D eigenvalue weighted by Crippen LogP contribution is 2.17. The van der Waals surface area contributed by atoms with E-state index in [1.165, 1.54) is 0 Å².